The van der Waals surface area contributed by atoms with Crippen LogP contribution in [-0.2, 0) is 13.1 Å². The Morgan fingerprint density at radius 2 is 1.68 bits per heavy atom. The molecule has 0 saturated carbocycles. The first-order valence-electron chi connectivity index (χ1n) is 9.42. The summed E-state index contributed by atoms with van der Waals surface area (Å²) in [5.74, 6) is 0.719. The van der Waals surface area contributed by atoms with Crippen molar-refractivity contribution in [2.24, 2.45) is 4.99 Å². The third-order valence-corrected chi connectivity index (χ3v) is 4.60. The van der Waals surface area contributed by atoms with Gasteiger partial charge in [0.1, 0.15) is 0 Å². The average Bonchev–Trinajstić information content (AvgIpc) is 2.69. The van der Waals surface area contributed by atoms with Crippen molar-refractivity contribution < 1.29 is 4.79 Å². The number of carbonyl (C=O) groups is 1. The number of benzene rings is 2. The molecule has 0 aliphatic rings. The number of nitrogens with one attached hydrogen (secondary N) is 3. The van der Waals surface area contributed by atoms with Crippen molar-refractivity contribution in [2.75, 3.05) is 7.05 Å². The molecule has 3 N–H and O–H groups in total. The maximum Gasteiger partial charge on any atom is 0.251 e. The van der Waals surface area contributed by atoms with Crippen molar-refractivity contribution >= 4 is 35.8 Å². The normalized spacial score (nSPS) is 11.9. The SMILES string of the molecule is CCC(C)NC(=O)c1ccc(CNC(=NC)NCc2ccccc2C)cc1.I. The van der Waals surface area contributed by atoms with Crippen molar-refractivity contribution in [3.05, 3.63) is 70.8 Å². The van der Waals surface area contributed by atoms with E-state index in [0.29, 0.717) is 12.1 Å². The molecular weight excluding hydrogens is 463 g/mol. The van der Waals surface area contributed by atoms with Gasteiger partial charge in [-0.15, -0.1) is 24.0 Å². The maximum atomic E-state index is 12.1. The van der Waals surface area contributed by atoms with E-state index in [1.54, 1.807) is 7.05 Å². The minimum Gasteiger partial charge on any atom is -0.352 e. The van der Waals surface area contributed by atoms with Gasteiger partial charge in [0.25, 0.3) is 5.91 Å². The lowest BCUT2D eigenvalue weighted by atomic mass is 10.1. The number of halogens is 1. The van der Waals surface area contributed by atoms with Crippen molar-refractivity contribution in [3.8, 4) is 0 Å². The first kappa shape index (κ1) is 23.9. The third kappa shape index (κ3) is 7.50. The second kappa shape index (κ2) is 12.4. The molecule has 1 unspecified atom stereocenters. The highest BCUT2D eigenvalue weighted by Gasteiger charge is 2.08. The first-order chi connectivity index (χ1) is 13.0. The lowest BCUT2D eigenvalue weighted by Crippen LogP contribution is -2.36. The zero-order valence-corrected chi connectivity index (χ0v) is 19.4. The van der Waals surface area contributed by atoms with E-state index in [9.17, 15) is 4.79 Å². The Bertz CT molecular complexity index is 774. The van der Waals surface area contributed by atoms with Gasteiger partial charge in [-0.1, -0.05) is 43.3 Å². The van der Waals surface area contributed by atoms with Gasteiger partial charge in [-0.3, -0.25) is 9.79 Å². The van der Waals surface area contributed by atoms with Gasteiger partial charge in [0.15, 0.2) is 5.96 Å². The van der Waals surface area contributed by atoms with E-state index in [2.05, 4.69) is 46.9 Å². The van der Waals surface area contributed by atoms with Crippen LogP contribution in [0.5, 0.6) is 0 Å². The van der Waals surface area contributed by atoms with Crippen LogP contribution in [0.15, 0.2) is 53.5 Å². The van der Waals surface area contributed by atoms with E-state index >= 15 is 0 Å². The zero-order chi connectivity index (χ0) is 19.6. The van der Waals surface area contributed by atoms with E-state index < -0.39 is 0 Å². The fourth-order valence-corrected chi connectivity index (χ4v) is 2.58. The highest BCUT2D eigenvalue weighted by atomic mass is 127. The molecule has 2 rings (SSSR count). The Morgan fingerprint density at radius 3 is 2.29 bits per heavy atom. The van der Waals surface area contributed by atoms with E-state index in [1.165, 1.54) is 11.1 Å². The van der Waals surface area contributed by atoms with Crippen molar-refractivity contribution in [3.63, 3.8) is 0 Å². The summed E-state index contributed by atoms with van der Waals surface area (Å²) in [5, 5.41) is 9.61. The molecule has 152 valence electrons. The molecule has 2 aromatic rings. The summed E-state index contributed by atoms with van der Waals surface area (Å²) in [7, 11) is 1.76. The molecule has 0 fully saturated rings. The molecule has 0 radical (unpaired) electrons. The molecule has 2 aromatic carbocycles. The summed E-state index contributed by atoms with van der Waals surface area (Å²) in [5.41, 5.74) is 4.28. The molecule has 0 aliphatic heterocycles. The molecular formula is C22H31IN4O. The fraction of sp³-hybridized carbons (Fsp3) is 0.364. The van der Waals surface area contributed by atoms with Gasteiger partial charge in [0.05, 0.1) is 0 Å². The van der Waals surface area contributed by atoms with Crippen LogP contribution in [0.2, 0.25) is 0 Å². The molecule has 0 spiro atoms. The number of guanidine groups is 1. The van der Waals surface area contributed by atoms with Crippen LogP contribution >= 0.6 is 24.0 Å². The quantitative estimate of drug-likeness (QED) is 0.310. The molecule has 0 bridgehead atoms. The minimum absolute atomic E-state index is 0. The van der Waals surface area contributed by atoms with Crippen LogP contribution in [-0.4, -0.2) is 25.0 Å². The molecule has 6 heteroatoms. The summed E-state index contributed by atoms with van der Waals surface area (Å²) in [6, 6.07) is 16.1. The van der Waals surface area contributed by atoms with Crippen LogP contribution in [0.25, 0.3) is 0 Å². The summed E-state index contributed by atoms with van der Waals surface area (Å²) in [4.78, 5) is 16.4. The molecule has 5 nitrogen and oxygen atoms in total. The van der Waals surface area contributed by atoms with E-state index in [-0.39, 0.29) is 35.9 Å². The van der Waals surface area contributed by atoms with Gasteiger partial charge in [0.2, 0.25) is 0 Å². The standard InChI is InChI=1S/C22H30N4O.HI/c1-5-17(3)26-21(27)19-12-10-18(11-13-19)14-24-22(23-4)25-15-20-9-7-6-8-16(20)2;/h6-13,17H,5,14-15H2,1-4H3,(H,26,27)(H2,23,24,25);1H. The molecule has 0 heterocycles. The smallest absolute Gasteiger partial charge is 0.251 e. The number of aryl methyl sites for hydroxylation is 1. The van der Waals surface area contributed by atoms with Crippen LogP contribution in [0.1, 0.15) is 47.3 Å². The van der Waals surface area contributed by atoms with Crippen LogP contribution in [0, 0.1) is 6.92 Å². The van der Waals surface area contributed by atoms with Gasteiger partial charge in [-0.25, -0.2) is 0 Å². The van der Waals surface area contributed by atoms with Gasteiger partial charge >= 0.3 is 0 Å². The predicted octanol–water partition coefficient (Wildman–Crippen LogP) is 4.01. The number of aliphatic imine (C=N–C) groups is 1. The topological polar surface area (TPSA) is 65.5 Å². The van der Waals surface area contributed by atoms with Crippen molar-refractivity contribution in [1.29, 1.82) is 0 Å². The molecule has 1 atom stereocenters. The predicted molar refractivity (Wildman–Crippen MR) is 127 cm³/mol. The summed E-state index contributed by atoms with van der Waals surface area (Å²) in [6.45, 7) is 7.53. The maximum absolute atomic E-state index is 12.1. The highest BCUT2D eigenvalue weighted by Crippen LogP contribution is 2.07. The van der Waals surface area contributed by atoms with Gasteiger partial charge in [-0.05, 0) is 49.1 Å². The number of hydrogen-bond donors (Lipinski definition) is 3. The Kier molecular flexibility index (Phi) is 10.6. The second-order valence-corrected chi connectivity index (χ2v) is 6.69. The lowest BCUT2D eigenvalue weighted by molar-refractivity contribution is 0.0939. The van der Waals surface area contributed by atoms with Gasteiger partial charge in [-0.2, -0.15) is 0 Å². The summed E-state index contributed by atoms with van der Waals surface area (Å²) < 4.78 is 0. The number of amides is 1. The largest absolute Gasteiger partial charge is 0.352 e. The van der Waals surface area contributed by atoms with Crippen molar-refractivity contribution in [1.82, 2.24) is 16.0 Å². The third-order valence-electron chi connectivity index (χ3n) is 4.60. The van der Waals surface area contributed by atoms with Crippen LogP contribution in [0.3, 0.4) is 0 Å². The summed E-state index contributed by atoms with van der Waals surface area (Å²) in [6.07, 6.45) is 0.919. The number of rotatable bonds is 7. The second-order valence-electron chi connectivity index (χ2n) is 6.69. The van der Waals surface area contributed by atoms with Crippen LogP contribution in [0.4, 0.5) is 0 Å². The van der Waals surface area contributed by atoms with E-state index in [4.69, 9.17) is 0 Å². The molecule has 0 saturated heterocycles. The first-order valence-corrected chi connectivity index (χ1v) is 9.42. The lowest BCUT2D eigenvalue weighted by Gasteiger charge is -2.14. The molecule has 28 heavy (non-hydrogen) atoms. The fourth-order valence-electron chi connectivity index (χ4n) is 2.58. The number of carbonyl (C=O) groups excluding carboxylic acids is 1. The van der Waals surface area contributed by atoms with E-state index in [1.807, 2.05) is 43.3 Å². The summed E-state index contributed by atoms with van der Waals surface area (Å²) >= 11 is 0. The average molecular weight is 494 g/mol. The van der Waals surface area contributed by atoms with Crippen LogP contribution < -0.4 is 16.0 Å². The molecule has 1 amide bonds. The Hall–Kier alpha value is -2.09. The molecule has 0 aromatic heterocycles. The van der Waals surface area contributed by atoms with Crippen molar-refractivity contribution in [2.45, 2.75) is 46.3 Å². The van der Waals surface area contributed by atoms with E-state index in [0.717, 1.165) is 24.5 Å². The zero-order valence-electron chi connectivity index (χ0n) is 17.1. The highest BCUT2D eigenvalue weighted by molar-refractivity contribution is 14.0. The number of hydrogen-bond acceptors (Lipinski definition) is 2. The van der Waals surface area contributed by atoms with Gasteiger partial charge < -0.3 is 16.0 Å². The Morgan fingerprint density at radius 1 is 1.04 bits per heavy atom. The minimum atomic E-state index is -0.0282. The Labute approximate surface area is 185 Å². The Balaban J connectivity index is 0.00000392. The monoisotopic (exact) mass is 494 g/mol. The number of nitrogens with zero attached hydrogens (tertiary/aromatic N) is 1. The van der Waals surface area contributed by atoms with Gasteiger partial charge in [0, 0.05) is 31.7 Å². The molecule has 0 aliphatic carbocycles.